The van der Waals surface area contributed by atoms with Crippen LogP contribution < -0.4 is 40.2 Å². The Bertz CT molecular complexity index is 1380. The summed E-state index contributed by atoms with van der Waals surface area (Å²) in [6, 6.07) is 29.6. The molecular formula is C34H34IO8+. The van der Waals surface area contributed by atoms with Gasteiger partial charge in [0.2, 0.25) is 0 Å². The smallest absolute Gasteiger partial charge is 0.457 e. The van der Waals surface area contributed by atoms with Gasteiger partial charge in [0.25, 0.3) is 0 Å². The molecule has 0 saturated heterocycles. The summed E-state index contributed by atoms with van der Waals surface area (Å²) < 4.78 is 35.1. The summed E-state index contributed by atoms with van der Waals surface area (Å²) in [6.07, 6.45) is -1.50. The molecule has 4 aromatic carbocycles. The van der Waals surface area contributed by atoms with Crippen LogP contribution in [0.2, 0.25) is 0 Å². The van der Waals surface area contributed by atoms with E-state index in [2.05, 4.69) is 24.3 Å². The molecule has 0 atom stereocenters. The standard InChI is InChI=1S/C34H34IO8/c1-33(2,3)42-31(36)40-29-19-15-27(16-20-29)38-25-11-7-23(8-12-25)35-24-9-13-26(14-10-24)39-28-17-21-30(22-18-28)41-32(37)43-34(4,5)6/h7-22H,1-6H3/q+1. The lowest BCUT2D eigenvalue weighted by Gasteiger charge is -2.18. The molecule has 8 nitrogen and oxygen atoms in total. The predicted molar refractivity (Wildman–Crippen MR) is 157 cm³/mol. The van der Waals surface area contributed by atoms with Gasteiger partial charge in [0, 0.05) is 0 Å². The zero-order valence-corrected chi connectivity index (χ0v) is 27.0. The molecule has 9 heteroatoms. The molecule has 224 valence electrons. The molecule has 0 N–H and O–H groups in total. The van der Waals surface area contributed by atoms with E-state index in [0.29, 0.717) is 34.5 Å². The lowest BCUT2D eigenvalue weighted by atomic mass is 10.2. The maximum atomic E-state index is 11.8. The van der Waals surface area contributed by atoms with Crippen molar-refractivity contribution in [2.45, 2.75) is 52.7 Å². The van der Waals surface area contributed by atoms with Gasteiger partial charge in [0.1, 0.15) is 45.7 Å². The van der Waals surface area contributed by atoms with Gasteiger partial charge in [-0.25, -0.2) is 9.59 Å². The van der Waals surface area contributed by atoms with Crippen molar-refractivity contribution in [1.82, 2.24) is 0 Å². The Labute approximate surface area is 262 Å². The Morgan fingerprint density at radius 1 is 0.442 bits per heavy atom. The molecule has 0 bridgehead atoms. The molecule has 43 heavy (non-hydrogen) atoms. The van der Waals surface area contributed by atoms with E-state index < -0.39 is 44.7 Å². The van der Waals surface area contributed by atoms with Gasteiger partial charge in [0.05, 0.1) is 0 Å². The lowest BCUT2D eigenvalue weighted by Crippen LogP contribution is -3.61. The molecule has 0 aliphatic heterocycles. The minimum absolute atomic E-state index is 0.376. The van der Waals surface area contributed by atoms with Gasteiger partial charge >= 0.3 is 33.5 Å². The zero-order valence-electron chi connectivity index (χ0n) is 24.9. The number of halogens is 1. The first-order chi connectivity index (χ1) is 20.3. The first-order valence-corrected chi connectivity index (χ1v) is 15.7. The quantitative estimate of drug-likeness (QED) is 0.125. The molecule has 0 spiro atoms. The summed E-state index contributed by atoms with van der Waals surface area (Å²) in [5.74, 6) is 3.42. The SMILES string of the molecule is CC(C)(C)OC(=O)Oc1ccc(Oc2ccc([I+]c3ccc(Oc4ccc(OC(=O)OC(C)(C)C)cc4)cc3)cc2)cc1. The third-order valence-electron chi connectivity index (χ3n) is 5.15. The van der Waals surface area contributed by atoms with E-state index >= 15 is 0 Å². The Morgan fingerprint density at radius 2 is 0.698 bits per heavy atom. The summed E-state index contributed by atoms with van der Waals surface area (Å²) >= 11 is -0.397. The van der Waals surface area contributed by atoms with Crippen LogP contribution in [0.5, 0.6) is 34.5 Å². The van der Waals surface area contributed by atoms with Crippen molar-refractivity contribution < 1.29 is 59.2 Å². The highest BCUT2D eigenvalue weighted by atomic mass is 127. The lowest BCUT2D eigenvalue weighted by molar-refractivity contribution is -0.597. The maximum Gasteiger partial charge on any atom is 0.514 e. The molecule has 0 amide bonds. The van der Waals surface area contributed by atoms with Gasteiger partial charge in [-0.3, -0.25) is 0 Å². The number of benzene rings is 4. The van der Waals surface area contributed by atoms with Crippen LogP contribution in [-0.2, 0) is 9.47 Å². The third kappa shape index (κ3) is 11.2. The molecule has 0 aliphatic rings. The van der Waals surface area contributed by atoms with E-state index in [1.165, 1.54) is 7.14 Å². The predicted octanol–water partition coefficient (Wildman–Crippen LogP) is 6.03. The highest BCUT2D eigenvalue weighted by Gasteiger charge is 2.20. The topological polar surface area (TPSA) is 89.5 Å². The van der Waals surface area contributed by atoms with Crippen LogP contribution in [0.1, 0.15) is 41.5 Å². The van der Waals surface area contributed by atoms with Gasteiger partial charge < -0.3 is 28.4 Å². The van der Waals surface area contributed by atoms with Crippen molar-refractivity contribution in [2.24, 2.45) is 0 Å². The van der Waals surface area contributed by atoms with Crippen LogP contribution in [0.3, 0.4) is 0 Å². The molecule has 0 fully saturated rings. The Morgan fingerprint density at radius 3 is 0.977 bits per heavy atom. The first kappa shape index (κ1) is 31.7. The average molecular weight is 698 g/mol. The van der Waals surface area contributed by atoms with E-state index in [-0.39, 0.29) is 0 Å². The largest absolute Gasteiger partial charge is 0.514 e. The van der Waals surface area contributed by atoms with Crippen LogP contribution in [0.25, 0.3) is 0 Å². The van der Waals surface area contributed by atoms with Crippen LogP contribution in [-0.4, -0.2) is 23.5 Å². The van der Waals surface area contributed by atoms with Crippen molar-refractivity contribution in [1.29, 1.82) is 0 Å². The van der Waals surface area contributed by atoms with Crippen molar-refractivity contribution in [2.75, 3.05) is 0 Å². The number of carbonyl (C=O) groups is 2. The second kappa shape index (κ2) is 13.8. The third-order valence-corrected chi connectivity index (χ3v) is 7.83. The summed E-state index contributed by atoms with van der Waals surface area (Å²) in [5, 5.41) is 0. The molecule has 0 radical (unpaired) electrons. The number of hydrogen-bond donors (Lipinski definition) is 0. The number of carbonyl (C=O) groups excluding carboxylic acids is 2. The molecule has 4 rings (SSSR count). The second-order valence-corrected chi connectivity index (χ2v) is 14.3. The summed E-state index contributed by atoms with van der Waals surface area (Å²) in [5.41, 5.74) is -1.24. The Hall–Kier alpha value is -4.25. The van der Waals surface area contributed by atoms with Gasteiger partial charge in [-0.05, 0) is 139 Å². The highest BCUT2D eigenvalue weighted by molar-refractivity contribution is 5.65. The molecule has 0 heterocycles. The molecule has 0 unspecified atom stereocenters. The highest BCUT2D eigenvalue weighted by Crippen LogP contribution is 2.25. The van der Waals surface area contributed by atoms with Crippen molar-refractivity contribution in [3.8, 4) is 34.5 Å². The van der Waals surface area contributed by atoms with Crippen LogP contribution in [0.15, 0.2) is 97.1 Å². The molecule has 4 aromatic rings. The molecule has 0 aliphatic carbocycles. The monoisotopic (exact) mass is 697 g/mol. The van der Waals surface area contributed by atoms with Crippen molar-refractivity contribution in [3.63, 3.8) is 0 Å². The molecular weight excluding hydrogens is 663 g/mol. The van der Waals surface area contributed by atoms with Gasteiger partial charge in [-0.1, -0.05) is 0 Å². The average Bonchev–Trinajstić information content (AvgIpc) is 2.91. The zero-order chi connectivity index (χ0) is 31.0. The fraction of sp³-hybridized carbons (Fsp3) is 0.235. The Balaban J connectivity index is 1.25. The normalized spacial score (nSPS) is 11.3. The Kier molecular flexibility index (Phi) is 10.2. The molecule has 0 aromatic heterocycles. The number of ether oxygens (including phenoxy) is 6. The van der Waals surface area contributed by atoms with Gasteiger partial charge in [-0.2, -0.15) is 0 Å². The summed E-state index contributed by atoms with van der Waals surface area (Å²) in [4.78, 5) is 23.7. The van der Waals surface area contributed by atoms with E-state index in [4.69, 9.17) is 28.4 Å². The fourth-order valence-corrected chi connectivity index (χ4v) is 5.57. The van der Waals surface area contributed by atoms with Crippen LogP contribution in [0, 0.1) is 7.14 Å². The fourth-order valence-electron chi connectivity index (χ4n) is 3.41. The van der Waals surface area contributed by atoms with Crippen molar-refractivity contribution >= 4 is 12.3 Å². The van der Waals surface area contributed by atoms with E-state index in [1.807, 2.05) is 24.3 Å². The van der Waals surface area contributed by atoms with E-state index in [0.717, 1.165) is 0 Å². The number of hydrogen-bond acceptors (Lipinski definition) is 8. The van der Waals surface area contributed by atoms with E-state index in [9.17, 15) is 9.59 Å². The van der Waals surface area contributed by atoms with Gasteiger partial charge in [-0.15, -0.1) is 0 Å². The van der Waals surface area contributed by atoms with Gasteiger partial charge in [0.15, 0.2) is 7.14 Å². The molecule has 0 saturated carbocycles. The maximum absolute atomic E-state index is 11.8. The summed E-state index contributed by atoms with van der Waals surface area (Å²) in [6.45, 7) is 10.7. The minimum atomic E-state index is -0.749. The van der Waals surface area contributed by atoms with Crippen LogP contribution in [0.4, 0.5) is 9.59 Å². The van der Waals surface area contributed by atoms with Crippen LogP contribution >= 0.6 is 0 Å². The van der Waals surface area contributed by atoms with Crippen molar-refractivity contribution in [3.05, 3.63) is 104 Å². The second-order valence-electron chi connectivity index (χ2n) is 11.3. The minimum Gasteiger partial charge on any atom is -0.457 e. The van der Waals surface area contributed by atoms with E-state index in [1.54, 1.807) is 90.1 Å². The summed E-state index contributed by atoms with van der Waals surface area (Å²) in [7, 11) is 0. The first-order valence-electron chi connectivity index (χ1n) is 13.5. The number of rotatable bonds is 8.